The largest absolute Gasteiger partial charge is 0.0996 e. The number of rotatable bonds is 7. The van der Waals surface area contributed by atoms with Crippen molar-refractivity contribution < 1.29 is 0 Å². The van der Waals surface area contributed by atoms with Crippen LogP contribution in [0, 0.1) is 5.92 Å². The highest BCUT2D eigenvalue weighted by molar-refractivity contribution is 5.06. The molecule has 0 nitrogen and oxygen atoms in total. The summed E-state index contributed by atoms with van der Waals surface area (Å²) in [7, 11) is 0. The number of allylic oxidation sites excluding steroid dienone is 3. The van der Waals surface area contributed by atoms with E-state index >= 15 is 0 Å². The van der Waals surface area contributed by atoms with Crippen molar-refractivity contribution in [2.45, 2.75) is 64.7 Å². The van der Waals surface area contributed by atoms with E-state index in [0.29, 0.717) is 0 Å². The minimum absolute atomic E-state index is 0.793. The molecular formula is C15H26. The van der Waals surface area contributed by atoms with Crippen LogP contribution in [0.2, 0.25) is 0 Å². The summed E-state index contributed by atoms with van der Waals surface area (Å²) in [5.41, 5.74) is 1.51. The zero-order valence-electron chi connectivity index (χ0n) is 10.3. The maximum atomic E-state index is 4.26. The van der Waals surface area contributed by atoms with E-state index in [1.807, 2.05) is 0 Å². The normalized spacial score (nSPS) is 20.5. The van der Waals surface area contributed by atoms with Gasteiger partial charge in [0.05, 0.1) is 0 Å². The average Bonchev–Trinajstić information content (AvgIpc) is 2.30. The average molecular weight is 206 g/mol. The van der Waals surface area contributed by atoms with Gasteiger partial charge < -0.3 is 0 Å². The van der Waals surface area contributed by atoms with Crippen LogP contribution in [-0.2, 0) is 0 Å². The van der Waals surface area contributed by atoms with E-state index in [4.69, 9.17) is 0 Å². The highest BCUT2D eigenvalue weighted by Gasteiger charge is 2.12. The van der Waals surface area contributed by atoms with Gasteiger partial charge in [-0.25, -0.2) is 0 Å². The van der Waals surface area contributed by atoms with Crippen molar-refractivity contribution in [2.24, 2.45) is 5.92 Å². The zero-order chi connectivity index (χ0) is 10.9. The van der Waals surface area contributed by atoms with Gasteiger partial charge in [-0.2, -0.15) is 0 Å². The monoisotopic (exact) mass is 206 g/mol. The van der Waals surface area contributed by atoms with Crippen molar-refractivity contribution in [1.29, 1.82) is 0 Å². The van der Waals surface area contributed by atoms with Crippen LogP contribution >= 0.6 is 0 Å². The lowest BCUT2D eigenvalue weighted by Crippen LogP contribution is -2.05. The molecule has 1 rings (SSSR count). The molecular weight excluding hydrogens is 180 g/mol. The fourth-order valence-electron chi connectivity index (χ4n) is 2.32. The van der Waals surface area contributed by atoms with Crippen molar-refractivity contribution >= 4 is 0 Å². The molecule has 1 aliphatic carbocycles. The molecule has 15 heavy (non-hydrogen) atoms. The molecule has 0 radical (unpaired) electrons. The molecule has 0 aromatic heterocycles. The molecule has 0 amide bonds. The molecule has 86 valence electrons. The molecule has 0 aliphatic heterocycles. The van der Waals surface area contributed by atoms with E-state index in [-0.39, 0.29) is 0 Å². The first-order valence-corrected chi connectivity index (χ1v) is 6.67. The van der Waals surface area contributed by atoms with Crippen LogP contribution in [0.15, 0.2) is 24.3 Å². The Morgan fingerprint density at radius 2 is 2.00 bits per heavy atom. The van der Waals surface area contributed by atoms with Gasteiger partial charge in [-0.05, 0) is 38.0 Å². The molecule has 0 N–H and O–H groups in total. The lowest BCUT2D eigenvalue weighted by Gasteiger charge is -2.20. The molecule has 0 saturated carbocycles. The smallest absolute Gasteiger partial charge is 0.0168 e. The second-order valence-electron chi connectivity index (χ2n) is 4.80. The Labute approximate surface area is 95.5 Å². The summed E-state index contributed by atoms with van der Waals surface area (Å²) in [6, 6.07) is 0. The minimum Gasteiger partial charge on any atom is -0.0996 e. The fraction of sp³-hybridized carbons (Fsp3) is 0.733. The lowest BCUT2D eigenvalue weighted by molar-refractivity contribution is 0.520. The first kappa shape index (κ1) is 12.5. The summed E-state index contributed by atoms with van der Waals surface area (Å²) >= 11 is 0. The Kier molecular flexibility index (Phi) is 6.47. The molecule has 0 spiro atoms. The Bertz CT molecular complexity index is 200. The highest BCUT2D eigenvalue weighted by atomic mass is 14.2. The third kappa shape index (κ3) is 5.20. The molecule has 0 aromatic carbocycles. The molecule has 1 atom stereocenters. The minimum atomic E-state index is 0.793. The summed E-state index contributed by atoms with van der Waals surface area (Å²) in [6.07, 6.45) is 16.7. The van der Waals surface area contributed by atoms with E-state index < -0.39 is 0 Å². The summed E-state index contributed by atoms with van der Waals surface area (Å²) in [5.74, 6) is 0.793. The predicted octanol–water partition coefficient (Wildman–Crippen LogP) is 5.26. The zero-order valence-corrected chi connectivity index (χ0v) is 10.3. The van der Waals surface area contributed by atoms with Crippen LogP contribution in [0.1, 0.15) is 64.7 Å². The van der Waals surface area contributed by atoms with Crippen molar-refractivity contribution in [3.05, 3.63) is 24.3 Å². The summed E-state index contributed by atoms with van der Waals surface area (Å²) in [5, 5.41) is 0. The van der Waals surface area contributed by atoms with E-state index in [0.717, 1.165) is 5.92 Å². The third-order valence-corrected chi connectivity index (χ3v) is 3.45. The Balaban J connectivity index is 2.05. The van der Waals surface area contributed by atoms with Crippen LogP contribution in [0.4, 0.5) is 0 Å². The molecule has 0 heterocycles. The van der Waals surface area contributed by atoms with Crippen molar-refractivity contribution in [3.8, 4) is 0 Å². The van der Waals surface area contributed by atoms with E-state index in [9.17, 15) is 0 Å². The molecule has 0 heteroatoms. The van der Waals surface area contributed by atoms with Gasteiger partial charge in [-0.1, -0.05) is 56.9 Å². The fourth-order valence-corrected chi connectivity index (χ4v) is 2.32. The van der Waals surface area contributed by atoms with Crippen molar-refractivity contribution in [2.75, 3.05) is 0 Å². The lowest BCUT2D eigenvalue weighted by atomic mass is 9.86. The second-order valence-corrected chi connectivity index (χ2v) is 4.80. The van der Waals surface area contributed by atoms with E-state index in [1.54, 1.807) is 0 Å². The Morgan fingerprint density at radius 1 is 1.20 bits per heavy atom. The van der Waals surface area contributed by atoms with Gasteiger partial charge in [-0.3, -0.25) is 0 Å². The molecule has 0 bridgehead atoms. The standard InChI is InChI=1S/C15H26/c1-3-4-5-6-8-11-14(2)15-12-9-7-10-13-15/h7,9,15H,2-6,8,10-13H2,1H3. The van der Waals surface area contributed by atoms with Crippen molar-refractivity contribution in [3.63, 3.8) is 0 Å². The number of unbranched alkanes of at least 4 members (excludes halogenated alkanes) is 4. The van der Waals surface area contributed by atoms with Gasteiger partial charge >= 0.3 is 0 Å². The van der Waals surface area contributed by atoms with Crippen LogP contribution in [0.5, 0.6) is 0 Å². The van der Waals surface area contributed by atoms with E-state index in [1.165, 1.54) is 63.4 Å². The van der Waals surface area contributed by atoms with Crippen molar-refractivity contribution in [1.82, 2.24) is 0 Å². The number of hydrogen-bond acceptors (Lipinski definition) is 0. The second kappa shape index (κ2) is 7.73. The molecule has 1 unspecified atom stereocenters. The van der Waals surface area contributed by atoms with E-state index in [2.05, 4.69) is 25.7 Å². The Morgan fingerprint density at radius 3 is 2.67 bits per heavy atom. The number of hydrogen-bond donors (Lipinski definition) is 0. The SMILES string of the molecule is C=C(CCCCCCC)C1CC=CCC1. The third-order valence-electron chi connectivity index (χ3n) is 3.45. The van der Waals surface area contributed by atoms with Gasteiger partial charge in [0.15, 0.2) is 0 Å². The van der Waals surface area contributed by atoms with Crippen LogP contribution in [0.3, 0.4) is 0 Å². The van der Waals surface area contributed by atoms with Gasteiger partial charge in [0.1, 0.15) is 0 Å². The molecule has 0 saturated heterocycles. The maximum Gasteiger partial charge on any atom is -0.0168 e. The summed E-state index contributed by atoms with van der Waals surface area (Å²) < 4.78 is 0. The van der Waals surface area contributed by atoms with Gasteiger partial charge in [0.2, 0.25) is 0 Å². The Hall–Kier alpha value is -0.520. The highest BCUT2D eigenvalue weighted by Crippen LogP contribution is 2.27. The van der Waals surface area contributed by atoms with Crippen LogP contribution < -0.4 is 0 Å². The first-order chi connectivity index (χ1) is 7.34. The summed E-state index contributed by atoms with van der Waals surface area (Å²) in [6.45, 7) is 6.53. The summed E-state index contributed by atoms with van der Waals surface area (Å²) in [4.78, 5) is 0. The quantitative estimate of drug-likeness (QED) is 0.394. The molecule has 0 fully saturated rings. The van der Waals surface area contributed by atoms with Gasteiger partial charge in [-0.15, -0.1) is 0 Å². The van der Waals surface area contributed by atoms with Gasteiger partial charge in [0, 0.05) is 0 Å². The van der Waals surface area contributed by atoms with Crippen LogP contribution in [-0.4, -0.2) is 0 Å². The van der Waals surface area contributed by atoms with Crippen LogP contribution in [0.25, 0.3) is 0 Å². The first-order valence-electron chi connectivity index (χ1n) is 6.67. The molecule has 1 aliphatic rings. The maximum absolute atomic E-state index is 4.26. The van der Waals surface area contributed by atoms with Gasteiger partial charge in [0.25, 0.3) is 0 Å². The molecule has 0 aromatic rings. The predicted molar refractivity (Wildman–Crippen MR) is 69.0 cm³/mol. The topological polar surface area (TPSA) is 0 Å².